The van der Waals surface area contributed by atoms with Crippen LogP contribution in [0.5, 0.6) is 0 Å². The average Bonchev–Trinajstić information content (AvgIpc) is 2.30. The second-order valence-electron chi connectivity index (χ2n) is 3.25. The lowest BCUT2D eigenvalue weighted by atomic mass is 9.66. The van der Waals surface area contributed by atoms with Crippen LogP contribution in [0.1, 0.15) is 20.3 Å². The molecule has 0 spiro atoms. The Balaban J connectivity index is 5.55. The zero-order valence-corrected chi connectivity index (χ0v) is 8.65. The molecule has 0 rings (SSSR count). The molecule has 0 amide bonds. The molecule has 0 radical (unpaired) electrons. The maximum Gasteiger partial charge on any atom is 0.178 e. The average molecular weight is 198 g/mol. The topological polar surface area (TPSA) is 95.2 Å². The van der Waals surface area contributed by atoms with Crippen LogP contribution in [0.15, 0.2) is 12.2 Å². The fraction of sp³-hybridized carbons (Fsp3) is 0.455. The summed E-state index contributed by atoms with van der Waals surface area (Å²) >= 11 is 0. The third kappa shape index (κ3) is 1.96. The molecule has 0 aliphatic carbocycles. The van der Waals surface area contributed by atoms with Gasteiger partial charge in [-0.1, -0.05) is 12.2 Å². The van der Waals surface area contributed by atoms with Crippen molar-refractivity contribution in [3.63, 3.8) is 0 Å². The molecule has 0 saturated heterocycles. The lowest BCUT2D eigenvalue weighted by Gasteiger charge is -2.26. The maximum atomic E-state index is 8.99. The van der Waals surface area contributed by atoms with Gasteiger partial charge >= 0.3 is 0 Å². The fourth-order valence-electron chi connectivity index (χ4n) is 1.05. The van der Waals surface area contributed by atoms with Gasteiger partial charge in [-0.15, -0.1) is 0 Å². The van der Waals surface area contributed by atoms with Crippen LogP contribution in [-0.2, 0) is 0 Å². The summed E-state index contributed by atoms with van der Waals surface area (Å²) in [5, 5.41) is 35.8. The highest BCUT2D eigenvalue weighted by molar-refractivity contribution is 5.33. The molecular formula is C11H10N4. The second-order valence-corrected chi connectivity index (χ2v) is 3.25. The molecule has 15 heavy (non-hydrogen) atoms. The van der Waals surface area contributed by atoms with E-state index in [2.05, 4.69) is 0 Å². The monoisotopic (exact) mass is 198 g/mol. The summed E-state index contributed by atoms with van der Waals surface area (Å²) in [4.78, 5) is 0. The molecule has 0 aromatic rings. The van der Waals surface area contributed by atoms with Crippen molar-refractivity contribution in [1.29, 1.82) is 21.0 Å². The molecule has 0 N–H and O–H groups in total. The summed E-state index contributed by atoms with van der Waals surface area (Å²) in [7, 11) is 0. The molecule has 74 valence electrons. The lowest BCUT2D eigenvalue weighted by Crippen LogP contribution is -2.35. The van der Waals surface area contributed by atoms with Gasteiger partial charge in [0, 0.05) is 0 Å². The van der Waals surface area contributed by atoms with E-state index in [1.165, 1.54) is 6.92 Å². The van der Waals surface area contributed by atoms with Crippen LogP contribution in [-0.4, -0.2) is 0 Å². The van der Waals surface area contributed by atoms with E-state index in [1.807, 2.05) is 0 Å². The Hall–Kier alpha value is -2.30. The smallest absolute Gasteiger partial charge is 0.178 e. The third-order valence-corrected chi connectivity index (χ3v) is 2.34. The van der Waals surface area contributed by atoms with E-state index in [-0.39, 0.29) is 6.42 Å². The van der Waals surface area contributed by atoms with E-state index < -0.39 is 10.8 Å². The number of hydrogen-bond acceptors (Lipinski definition) is 4. The summed E-state index contributed by atoms with van der Waals surface area (Å²) in [5.74, 6) is 0. The molecule has 0 fully saturated rings. The van der Waals surface area contributed by atoms with Crippen LogP contribution >= 0.6 is 0 Å². The Morgan fingerprint density at radius 1 is 1.00 bits per heavy atom. The Labute approximate surface area is 89.3 Å². The van der Waals surface area contributed by atoms with Crippen LogP contribution < -0.4 is 0 Å². The van der Waals surface area contributed by atoms with Gasteiger partial charge in [0.15, 0.2) is 10.8 Å². The summed E-state index contributed by atoms with van der Waals surface area (Å²) in [6, 6.07) is 7.05. The van der Waals surface area contributed by atoms with E-state index in [0.29, 0.717) is 0 Å². The molecule has 0 aliphatic heterocycles. The first-order valence-electron chi connectivity index (χ1n) is 4.32. The normalized spacial score (nSPS) is 11.1. The van der Waals surface area contributed by atoms with Crippen molar-refractivity contribution in [3.8, 4) is 24.3 Å². The highest BCUT2D eigenvalue weighted by Crippen LogP contribution is 2.40. The molecule has 4 nitrogen and oxygen atoms in total. The standard InChI is InChI=1S/C11H10N4/c1-3-4-5-11(8-14,9-15)10(2,6-12)7-13/h3-4H,5H2,1-2H3/b4-3+. The Morgan fingerprint density at radius 2 is 1.47 bits per heavy atom. The van der Waals surface area contributed by atoms with Gasteiger partial charge in [-0.25, -0.2) is 0 Å². The second kappa shape index (κ2) is 4.80. The summed E-state index contributed by atoms with van der Waals surface area (Å²) in [6.07, 6.45) is 3.37. The molecule has 0 aromatic heterocycles. The first kappa shape index (κ1) is 12.7. The Kier molecular flexibility index (Phi) is 4.07. The highest BCUT2D eigenvalue weighted by atomic mass is 14.5. The molecule has 0 aliphatic rings. The van der Waals surface area contributed by atoms with Gasteiger partial charge in [0.25, 0.3) is 0 Å². The number of rotatable bonds is 3. The quantitative estimate of drug-likeness (QED) is 0.648. The summed E-state index contributed by atoms with van der Waals surface area (Å²) < 4.78 is 0. The molecule has 0 aromatic carbocycles. The van der Waals surface area contributed by atoms with Crippen LogP contribution in [0, 0.1) is 56.2 Å². The van der Waals surface area contributed by atoms with E-state index in [0.717, 1.165) is 0 Å². The van der Waals surface area contributed by atoms with Crippen LogP contribution in [0.25, 0.3) is 0 Å². The van der Waals surface area contributed by atoms with Crippen molar-refractivity contribution < 1.29 is 0 Å². The minimum atomic E-state index is -1.62. The highest BCUT2D eigenvalue weighted by Gasteiger charge is 2.50. The maximum absolute atomic E-state index is 8.99. The number of nitriles is 4. The zero-order chi connectivity index (χ0) is 11.9. The van der Waals surface area contributed by atoms with Gasteiger partial charge in [0.2, 0.25) is 0 Å². The Morgan fingerprint density at radius 3 is 1.73 bits per heavy atom. The number of nitrogens with zero attached hydrogens (tertiary/aromatic N) is 4. The van der Waals surface area contributed by atoms with Gasteiger partial charge in [-0.05, 0) is 20.3 Å². The molecule has 4 heteroatoms. The Bertz CT molecular complexity index is 391. The van der Waals surface area contributed by atoms with Crippen molar-refractivity contribution in [1.82, 2.24) is 0 Å². The largest absolute Gasteiger partial charge is 0.196 e. The minimum absolute atomic E-state index is 0.0775. The van der Waals surface area contributed by atoms with Crippen molar-refractivity contribution in [3.05, 3.63) is 12.2 Å². The lowest BCUT2D eigenvalue weighted by molar-refractivity contribution is 0.330. The predicted octanol–water partition coefficient (Wildman–Crippen LogP) is 2.04. The van der Waals surface area contributed by atoms with Crippen LogP contribution in [0.3, 0.4) is 0 Å². The number of hydrogen-bond donors (Lipinski definition) is 0. The first-order valence-corrected chi connectivity index (χ1v) is 4.32. The summed E-state index contributed by atoms with van der Waals surface area (Å²) in [5.41, 5.74) is -3.22. The van der Waals surface area contributed by atoms with Gasteiger partial charge in [-0.2, -0.15) is 21.0 Å². The van der Waals surface area contributed by atoms with Crippen LogP contribution in [0.4, 0.5) is 0 Å². The van der Waals surface area contributed by atoms with E-state index >= 15 is 0 Å². The first-order chi connectivity index (χ1) is 7.05. The van der Waals surface area contributed by atoms with Crippen molar-refractivity contribution in [2.75, 3.05) is 0 Å². The van der Waals surface area contributed by atoms with Crippen molar-refractivity contribution in [2.45, 2.75) is 20.3 Å². The van der Waals surface area contributed by atoms with Crippen molar-refractivity contribution in [2.24, 2.45) is 10.8 Å². The van der Waals surface area contributed by atoms with Gasteiger partial charge in [0.1, 0.15) is 0 Å². The van der Waals surface area contributed by atoms with E-state index in [9.17, 15) is 0 Å². The molecule has 0 unspecified atom stereocenters. The van der Waals surface area contributed by atoms with Crippen LogP contribution in [0.2, 0.25) is 0 Å². The fourth-order valence-corrected chi connectivity index (χ4v) is 1.05. The van der Waals surface area contributed by atoms with E-state index in [1.54, 1.807) is 43.4 Å². The SMILES string of the molecule is C/C=C/CC(C#N)(C#N)C(C)(C#N)C#N. The molecule has 0 saturated carbocycles. The molecule has 0 atom stereocenters. The summed E-state index contributed by atoms with van der Waals surface area (Å²) in [6.45, 7) is 3.05. The zero-order valence-electron chi connectivity index (χ0n) is 8.65. The van der Waals surface area contributed by atoms with Gasteiger partial charge in [0.05, 0.1) is 24.3 Å². The number of allylic oxidation sites excluding steroid dienone is 2. The minimum Gasteiger partial charge on any atom is -0.196 e. The molecule has 0 heterocycles. The third-order valence-electron chi connectivity index (χ3n) is 2.34. The van der Waals surface area contributed by atoms with Gasteiger partial charge < -0.3 is 0 Å². The molecular weight excluding hydrogens is 188 g/mol. The van der Waals surface area contributed by atoms with Gasteiger partial charge in [-0.3, -0.25) is 0 Å². The van der Waals surface area contributed by atoms with E-state index in [4.69, 9.17) is 21.0 Å². The predicted molar refractivity (Wildman–Crippen MR) is 52.4 cm³/mol. The molecule has 0 bridgehead atoms. The van der Waals surface area contributed by atoms with Crippen molar-refractivity contribution >= 4 is 0 Å².